The van der Waals surface area contributed by atoms with Gasteiger partial charge in [-0.1, -0.05) is 140 Å². The predicted octanol–water partition coefficient (Wildman–Crippen LogP) is 11.1. The fourth-order valence-electron chi connectivity index (χ4n) is 9.58. The molecule has 8 rings (SSSR count). The number of benzene rings is 6. The van der Waals surface area contributed by atoms with Gasteiger partial charge >= 0.3 is 0 Å². The van der Waals surface area contributed by atoms with Crippen LogP contribution in [0.5, 0.6) is 11.5 Å². The first-order chi connectivity index (χ1) is 32.7. The molecule has 0 radical (unpaired) electrons. The minimum atomic E-state index is -4.10. The Balaban J connectivity index is 1.20. The van der Waals surface area contributed by atoms with Crippen LogP contribution in [0.15, 0.2) is 163 Å². The van der Waals surface area contributed by atoms with Crippen LogP contribution in [0.1, 0.15) is 84.3 Å². The number of aryl methyl sites for hydroxylation is 1. The molecule has 1 fully saturated rings. The van der Waals surface area contributed by atoms with Gasteiger partial charge in [0.15, 0.2) is 5.44 Å². The maximum Gasteiger partial charge on any atom is 0.209 e. The zero-order valence-electron chi connectivity index (χ0n) is 39.4. The second-order valence-corrected chi connectivity index (χ2v) is 19.9. The summed E-state index contributed by atoms with van der Waals surface area (Å²) >= 11 is 0. The Morgan fingerprint density at radius 3 is 2.04 bits per heavy atom. The van der Waals surface area contributed by atoms with Gasteiger partial charge < -0.3 is 33.9 Å². The molecule has 2 heterocycles. The van der Waals surface area contributed by atoms with Crippen molar-refractivity contribution in [1.29, 1.82) is 0 Å². The van der Waals surface area contributed by atoms with Crippen molar-refractivity contribution in [3.63, 3.8) is 0 Å². The van der Waals surface area contributed by atoms with E-state index in [9.17, 15) is 0 Å². The number of hydrogen-bond acceptors (Lipinski definition) is 9. The van der Waals surface area contributed by atoms with E-state index in [4.69, 9.17) is 23.7 Å². The van der Waals surface area contributed by atoms with Gasteiger partial charge in [0.05, 0.1) is 42.5 Å². The van der Waals surface area contributed by atoms with Crippen molar-refractivity contribution in [2.24, 2.45) is 5.92 Å². The summed E-state index contributed by atoms with van der Waals surface area (Å²) in [6.45, 7) is 10.3. The fourth-order valence-corrected chi connectivity index (χ4v) is 11.1. The molecule has 9 nitrogen and oxygen atoms in total. The third kappa shape index (κ3) is 11.1. The Morgan fingerprint density at radius 2 is 1.43 bits per heavy atom. The maximum atomic E-state index is 15.2. The smallest absolute Gasteiger partial charge is 0.209 e. The summed E-state index contributed by atoms with van der Waals surface area (Å²) in [6.07, 6.45) is 3.42. The van der Waals surface area contributed by atoms with E-state index < -0.39 is 27.0 Å². The van der Waals surface area contributed by atoms with Gasteiger partial charge in [0.25, 0.3) is 0 Å². The van der Waals surface area contributed by atoms with Crippen molar-refractivity contribution in [3.05, 3.63) is 191 Å². The zero-order valence-corrected chi connectivity index (χ0v) is 40.2. The highest BCUT2D eigenvalue weighted by atomic mass is 32.2. The van der Waals surface area contributed by atoms with Gasteiger partial charge in [-0.3, -0.25) is 0 Å². The number of methoxy groups -OCH3 is 1. The van der Waals surface area contributed by atoms with Crippen LogP contribution in [-0.2, 0) is 29.6 Å². The van der Waals surface area contributed by atoms with Gasteiger partial charge in [-0.05, 0) is 97.3 Å². The summed E-state index contributed by atoms with van der Waals surface area (Å²) in [5.74, 6) is 1.09. The molecule has 2 aliphatic heterocycles. The molecular formula is C57H66N2O7S. The third-order valence-electron chi connectivity index (χ3n) is 13.3. The maximum absolute atomic E-state index is 15.2. The molecule has 2 unspecified atom stereocenters. The number of rotatable bonds is 21. The number of hydrogen-bond donors (Lipinski definition) is 1. The molecule has 67 heavy (non-hydrogen) atoms. The minimum absolute atomic E-state index is 0.152. The number of anilines is 1. The first-order valence-corrected chi connectivity index (χ1v) is 25.5. The van der Waals surface area contributed by atoms with E-state index >= 15 is 8.42 Å². The second-order valence-electron chi connectivity index (χ2n) is 17.9. The van der Waals surface area contributed by atoms with Crippen molar-refractivity contribution in [1.82, 2.24) is 5.32 Å². The van der Waals surface area contributed by atoms with Gasteiger partial charge in [0.1, 0.15) is 23.7 Å². The quantitative estimate of drug-likeness (QED) is 0.0559. The van der Waals surface area contributed by atoms with Gasteiger partial charge in [-0.2, -0.15) is 0 Å². The van der Waals surface area contributed by atoms with E-state index in [0.717, 1.165) is 83.8 Å². The van der Waals surface area contributed by atoms with Crippen LogP contribution in [0.25, 0.3) is 0 Å². The SMILES string of the molecule is CCCCN1CCOc2ccc(C(O[C@H]3CNC[C@@H](COC(c4ccccc4)(c4ccccc4)c4ccccc4)[C@@H]3c3ccc(OCCCC(C)OC)cc3)S(=O)(=O)c3ccc(C)cc3)cc21. The number of nitrogens with zero attached hydrogens (tertiary/aromatic N) is 1. The standard InChI is InChI=1S/C57H66N2O7S/c1-5-6-34-59-35-37-64-53-33-28-45(38-52(53)59)56(67(60,61)51-31-24-42(2)25-32-51)66-54-40-58-39-46(55(54)44-26-29-50(30-27-44)63-36-16-17-43(3)62-4)41-65-57(47-18-10-7-11-19-47,48-20-12-8-13-21-48)49-22-14-9-15-23-49/h7-15,18-33,38,43,46,54-56,58H,5-6,16-17,34-37,39-41H2,1-4H3/t43?,46-,54-,55-,56?/m0/s1. The van der Waals surface area contributed by atoms with Crippen molar-refractivity contribution in [2.75, 3.05) is 58.0 Å². The van der Waals surface area contributed by atoms with Crippen LogP contribution >= 0.6 is 0 Å². The number of sulfone groups is 1. The number of fused-ring (bicyclic) bond motifs is 1. The first kappa shape index (κ1) is 48.0. The lowest BCUT2D eigenvalue weighted by Gasteiger charge is -2.43. The van der Waals surface area contributed by atoms with Crippen molar-refractivity contribution < 1.29 is 32.1 Å². The van der Waals surface area contributed by atoms with Gasteiger partial charge in [0.2, 0.25) is 9.84 Å². The van der Waals surface area contributed by atoms with Crippen molar-refractivity contribution >= 4 is 15.5 Å². The number of ether oxygens (including phenoxy) is 5. The number of unbranched alkanes of at least 4 members (excludes halogenated alkanes) is 1. The molecule has 10 heteroatoms. The molecule has 6 aromatic carbocycles. The van der Waals surface area contributed by atoms with Crippen LogP contribution < -0.4 is 19.7 Å². The normalized spacial score (nSPS) is 18.4. The molecule has 0 saturated carbocycles. The molecule has 0 bridgehead atoms. The molecule has 0 spiro atoms. The van der Waals surface area contributed by atoms with E-state index in [-0.39, 0.29) is 22.8 Å². The monoisotopic (exact) mass is 922 g/mol. The zero-order chi connectivity index (χ0) is 46.6. The Kier molecular flexibility index (Phi) is 16.1. The lowest BCUT2D eigenvalue weighted by Crippen LogP contribution is -2.50. The molecule has 0 amide bonds. The highest BCUT2D eigenvalue weighted by Crippen LogP contribution is 2.45. The van der Waals surface area contributed by atoms with E-state index in [1.807, 2.05) is 67.6 Å². The summed E-state index contributed by atoms with van der Waals surface area (Å²) in [4.78, 5) is 2.51. The molecular weight excluding hydrogens is 857 g/mol. The molecule has 0 aliphatic carbocycles. The lowest BCUT2D eigenvalue weighted by atomic mass is 9.78. The molecule has 0 aromatic heterocycles. The molecule has 352 valence electrons. The summed E-state index contributed by atoms with van der Waals surface area (Å²) in [5.41, 5.74) is 4.20. The molecule has 2 aliphatic rings. The van der Waals surface area contributed by atoms with Crippen LogP contribution in [0.2, 0.25) is 0 Å². The fraction of sp³-hybridized carbons (Fsp3) is 0.368. The van der Waals surface area contributed by atoms with Crippen LogP contribution in [0.4, 0.5) is 5.69 Å². The van der Waals surface area contributed by atoms with Crippen molar-refractivity contribution in [3.8, 4) is 11.5 Å². The highest BCUT2D eigenvalue weighted by Gasteiger charge is 2.44. The molecule has 1 N–H and O–H groups in total. The van der Waals surface area contributed by atoms with Crippen LogP contribution in [0.3, 0.4) is 0 Å². The highest BCUT2D eigenvalue weighted by molar-refractivity contribution is 7.91. The average molecular weight is 923 g/mol. The summed E-state index contributed by atoms with van der Waals surface area (Å²) < 4.78 is 62.9. The average Bonchev–Trinajstić information content (AvgIpc) is 3.37. The topological polar surface area (TPSA) is 95.6 Å². The Labute approximate surface area is 398 Å². The third-order valence-corrected chi connectivity index (χ3v) is 15.2. The Bertz CT molecular complexity index is 2460. The molecule has 5 atom stereocenters. The van der Waals surface area contributed by atoms with E-state index in [0.29, 0.717) is 38.5 Å². The Morgan fingerprint density at radius 1 is 0.791 bits per heavy atom. The van der Waals surface area contributed by atoms with Crippen LogP contribution in [0, 0.1) is 12.8 Å². The lowest BCUT2D eigenvalue weighted by molar-refractivity contribution is -0.0560. The summed E-state index contributed by atoms with van der Waals surface area (Å²) in [5, 5.41) is 3.67. The second kappa shape index (κ2) is 22.5. The summed E-state index contributed by atoms with van der Waals surface area (Å²) in [7, 11) is -2.36. The molecule has 6 aromatic rings. The van der Waals surface area contributed by atoms with Crippen LogP contribution in [-0.4, -0.2) is 73.7 Å². The largest absolute Gasteiger partial charge is 0.494 e. The number of nitrogens with one attached hydrogen (secondary N) is 1. The van der Waals surface area contributed by atoms with Gasteiger partial charge in [0, 0.05) is 38.6 Å². The van der Waals surface area contributed by atoms with E-state index in [2.05, 4.69) is 109 Å². The minimum Gasteiger partial charge on any atom is -0.494 e. The summed E-state index contributed by atoms with van der Waals surface area (Å²) in [6, 6.07) is 52.2. The Hall–Kier alpha value is -5.49. The van der Waals surface area contributed by atoms with Crippen molar-refractivity contribution in [2.45, 2.75) is 80.5 Å². The number of piperidine rings is 1. The predicted molar refractivity (Wildman–Crippen MR) is 267 cm³/mol. The van der Waals surface area contributed by atoms with Gasteiger partial charge in [-0.15, -0.1) is 0 Å². The molecule has 1 saturated heterocycles. The van der Waals surface area contributed by atoms with E-state index in [1.54, 1.807) is 19.2 Å². The first-order valence-electron chi connectivity index (χ1n) is 24.0. The van der Waals surface area contributed by atoms with E-state index in [1.165, 1.54) is 0 Å². The van der Waals surface area contributed by atoms with Gasteiger partial charge in [-0.25, -0.2) is 8.42 Å².